The monoisotopic (exact) mass is 522 g/mol. The zero-order valence-corrected chi connectivity index (χ0v) is 23.0. The number of ketones is 1. The topological polar surface area (TPSA) is 108 Å². The molecule has 3 N–H and O–H groups in total. The van der Waals surface area contributed by atoms with E-state index in [1.807, 2.05) is 12.1 Å². The number of allylic oxidation sites excluding steroid dienone is 2. The fourth-order valence-corrected chi connectivity index (χ4v) is 8.47. The minimum atomic E-state index is -1.17. The molecule has 5 rings (SSSR count). The van der Waals surface area contributed by atoms with Gasteiger partial charge in [0, 0.05) is 12.0 Å². The van der Waals surface area contributed by atoms with Crippen LogP contribution in [0.3, 0.4) is 0 Å². The van der Waals surface area contributed by atoms with E-state index in [4.69, 9.17) is 4.84 Å². The number of rotatable bonds is 7. The maximum atomic E-state index is 12.4. The molecule has 4 aliphatic rings. The lowest BCUT2D eigenvalue weighted by Gasteiger charge is -2.59. The van der Waals surface area contributed by atoms with Gasteiger partial charge in [0.05, 0.1) is 5.71 Å². The first-order chi connectivity index (χ1) is 18.1. The SMILES string of the molecule is CC(=O)[C@@]1(O)CCC2C3CCC4=C/C(=N\OCC(=O)NCCc5ccc(O)cc5)CCC4(C)C3CCC21C. The standard InChI is InChI=1S/C31H42N2O5/c1-20(34)31(37)16-12-27-25-9-6-22-18-23(10-14-29(22,2)26(25)11-15-30(27,31)3)33-38-19-28(36)32-17-13-21-4-7-24(35)8-5-21/h4-5,7-8,18,25-27,35,37H,6,9-17,19H2,1-3H3,(H,32,36)/b33-23-/t25?,26?,27?,29?,30?,31-/m0/s1. The predicted molar refractivity (Wildman–Crippen MR) is 146 cm³/mol. The molecule has 0 aromatic heterocycles. The third kappa shape index (κ3) is 4.57. The number of aromatic hydroxyl groups is 1. The van der Waals surface area contributed by atoms with Gasteiger partial charge in [0.25, 0.3) is 5.91 Å². The summed E-state index contributed by atoms with van der Waals surface area (Å²) in [5.74, 6) is 1.48. The van der Waals surface area contributed by atoms with Gasteiger partial charge in [-0.1, -0.05) is 36.7 Å². The van der Waals surface area contributed by atoms with E-state index in [2.05, 4.69) is 30.4 Å². The number of amides is 1. The Morgan fingerprint density at radius 3 is 2.53 bits per heavy atom. The molecule has 1 aromatic carbocycles. The predicted octanol–water partition coefficient (Wildman–Crippen LogP) is 4.71. The van der Waals surface area contributed by atoms with Gasteiger partial charge < -0.3 is 20.4 Å². The van der Waals surface area contributed by atoms with E-state index in [0.29, 0.717) is 37.1 Å². The summed E-state index contributed by atoms with van der Waals surface area (Å²) < 4.78 is 0. The number of hydrogen-bond donors (Lipinski definition) is 3. The van der Waals surface area contributed by atoms with Crippen molar-refractivity contribution < 1.29 is 24.6 Å². The van der Waals surface area contributed by atoms with Gasteiger partial charge in [-0.15, -0.1) is 0 Å². The van der Waals surface area contributed by atoms with E-state index in [1.165, 1.54) is 5.57 Å². The molecule has 6 atom stereocenters. The fraction of sp³-hybridized carbons (Fsp3) is 0.645. The number of hydrogen-bond acceptors (Lipinski definition) is 6. The second-order valence-electron chi connectivity index (χ2n) is 12.5. The van der Waals surface area contributed by atoms with Crippen LogP contribution in [0, 0.1) is 28.6 Å². The molecule has 7 heteroatoms. The zero-order valence-electron chi connectivity index (χ0n) is 23.0. The summed E-state index contributed by atoms with van der Waals surface area (Å²) in [6.07, 6.45) is 10.3. The molecular weight excluding hydrogens is 480 g/mol. The van der Waals surface area contributed by atoms with Crippen LogP contribution in [0.2, 0.25) is 0 Å². The molecule has 38 heavy (non-hydrogen) atoms. The Morgan fingerprint density at radius 1 is 1.05 bits per heavy atom. The molecule has 4 aliphatic carbocycles. The van der Waals surface area contributed by atoms with Crippen molar-refractivity contribution >= 4 is 17.4 Å². The molecule has 7 nitrogen and oxygen atoms in total. The number of nitrogens with one attached hydrogen (secondary N) is 1. The molecule has 3 fully saturated rings. The molecule has 0 heterocycles. The van der Waals surface area contributed by atoms with Crippen molar-refractivity contribution in [2.24, 2.45) is 33.7 Å². The lowest BCUT2D eigenvalue weighted by atomic mass is 9.46. The van der Waals surface area contributed by atoms with Crippen LogP contribution in [0.5, 0.6) is 5.75 Å². The van der Waals surface area contributed by atoms with E-state index < -0.39 is 5.60 Å². The summed E-state index contributed by atoms with van der Waals surface area (Å²) in [6.45, 7) is 6.53. The van der Waals surface area contributed by atoms with Crippen molar-refractivity contribution in [2.75, 3.05) is 13.2 Å². The van der Waals surface area contributed by atoms with Crippen molar-refractivity contribution in [3.05, 3.63) is 41.5 Å². The van der Waals surface area contributed by atoms with Gasteiger partial charge in [-0.2, -0.15) is 0 Å². The van der Waals surface area contributed by atoms with Crippen LogP contribution in [0.1, 0.15) is 77.7 Å². The normalized spacial score (nSPS) is 37.0. The van der Waals surface area contributed by atoms with Crippen molar-refractivity contribution in [1.29, 1.82) is 0 Å². The van der Waals surface area contributed by atoms with Crippen LogP contribution in [-0.2, 0) is 20.8 Å². The lowest BCUT2D eigenvalue weighted by molar-refractivity contribution is -0.159. The number of fused-ring (bicyclic) bond motifs is 5. The number of carbonyl (C=O) groups is 2. The number of oxime groups is 1. The van der Waals surface area contributed by atoms with Crippen molar-refractivity contribution in [1.82, 2.24) is 5.32 Å². The summed E-state index contributed by atoms with van der Waals surface area (Å²) in [5.41, 5.74) is 2.03. The Balaban J connectivity index is 1.16. The quantitative estimate of drug-likeness (QED) is 0.450. The molecule has 0 spiro atoms. The number of aliphatic hydroxyl groups is 1. The highest BCUT2D eigenvalue weighted by Crippen LogP contribution is 2.67. The Bertz CT molecular complexity index is 1140. The van der Waals surface area contributed by atoms with Gasteiger partial charge in [-0.25, -0.2) is 0 Å². The van der Waals surface area contributed by atoms with E-state index in [-0.39, 0.29) is 34.9 Å². The van der Waals surface area contributed by atoms with Gasteiger partial charge in [0.15, 0.2) is 12.4 Å². The first kappa shape index (κ1) is 26.9. The second kappa shape index (κ2) is 10.1. The number of carbonyl (C=O) groups excluding carboxylic acids is 2. The molecule has 0 radical (unpaired) electrons. The summed E-state index contributed by atoms with van der Waals surface area (Å²) >= 11 is 0. The lowest BCUT2D eigenvalue weighted by Crippen LogP contribution is -2.57. The number of nitrogens with zero attached hydrogens (tertiary/aromatic N) is 1. The highest BCUT2D eigenvalue weighted by atomic mass is 16.6. The number of benzene rings is 1. The van der Waals surface area contributed by atoms with Crippen LogP contribution < -0.4 is 5.32 Å². The van der Waals surface area contributed by atoms with Gasteiger partial charge in [-0.3, -0.25) is 9.59 Å². The molecule has 1 amide bonds. The first-order valence-corrected chi connectivity index (χ1v) is 14.2. The molecular formula is C31H42N2O5. The minimum Gasteiger partial charge on any atom is -0.508 e. The Morgan fingerprint density at radius 2 is 1.79 bits per heavy atom. The maximum Gasteiger partial charge on any atom is 0.260 e. The molecule has 5 unspecified atom stereocenters. The molecule has 1 aromatic rings. The van der Waals surface area contributed by atoms with Crippen LogP contribution in [-0.4, -0.2) is 46.4 Å². The molecule has 206 valence electrons. The first-order valence-electron chi connectivity index (χ1n) is 14.2. The van der Waals surface area contributed by atoms with Crippen LogP contribution >= 0.6 is 0 Å². The number of Topliss-reactive ketones (excluding diaryl/α,β-unsaturated/α-hetero) is 1. The van der Waals surface area contributed by atoms with E-state index >= 15 is 0 Å². The third-order valence-corrected chi connectivity index (χ3v) is 10.8. The van der Waals surface area contributed by atoms with E-state index in [9.17, 15) is 19.8 Å². The summed E-state index contributed by atoms with van der Waals surface area (Å²) in [5, 5.41) is 27.9. The smallest absolute Gasteiger partial charge is 0.260 e. The Kier molecular flexibility index (Phi) is 7.18. The summed E-state index contributed by atoms with van der Waals surface area (Å²) in [6, 6.07) is 6.96. The number of phenols is 1. The number of phenolic OH excluding ortho intramolecular Hbond substituents is 1. The van der Waals surface area contributed by atoms with Gasteiger partial charge in [-0.05, 0) is 112 Å². The third-order valence-electron chi connectivity index (χ3n) is 10.8. The van der Waals surface area contributed by atoms with Crippen LogP contribution in [0.4, 0.5) is 0 Å². The minimum absolute atomic E-state index is 0.0619. The van der Waals surface area contributed by atoms with Crippen LogP contribution in [0.25, 0.3) is 0 Å². The highest BCUT2D eigenvalue weighted by molar-refractivity contribution is 5.96. The van der Waals surface area contributed by atoms with Gasteiger partial charge >= 0.3 is 0 Å². The summed E-state index contributed by atoms with van der Waals surface area (Å²) in [4.78, 5) is 30.0. The van der Waals surface area contributed by atoms with E-state index in [1.54, 1.807) is 19.1 Å². The van der Waals surface area contributed by atoms with Gasteiger partial charge in [0.1, 0.15) is 11.4 Å². The van der Waals surface area contributed by atoms with Gasteiger partial charge in [0.2, 0.25) is 0 Å². The summed E-state index contributed by atoms with van der Waals surface area (Å²) in [7, 11) is 0. The maximum absolute atomic E-state index is 12.4. The fourth-order valence-electron chi connectivity index (χ4n) is 8.47. The molecule has 0 aliphatic heterocycles. The average Bonchev–Trinajstić information content (AvgIpc) is 3.17. The van der Waals surface area contributed by atoms with Crippen molar-refractivity contribution in [3.63, 3.8) is 0 Å². The molecule has 3 saturated carbocycles. The average molecular weight is 523 g/mol. The Labute approximate surface area is 225 Å². The zero-order chi connectivity index (χ0) is 27.1. The Hall–Kier alpha value is -2.67. The highest BCUT2D eigenvalue weighted by Gasteiger charge is 2.65. The second-order valence-corrected chi connectivity index (χ2v) is 12.5. The largest absolute Gasteiger partial charge is 0.508 e. The molecule has 0 bridgehead atoms. The van der Waals surface area contributed by atoms with Crippen molar-refractivity contribution in [3.8, 4) is 5.75 Å². The van der Waals surface area contributed by atoms with E-state index in [0.717, 1.165) is 56.2 Å². The van der Waals surface area contributed by atoms with Crippen LogP contribution in [0.15, 0.2) is 41.1 Å². The molecule has 0 saturated heterocycles. The van der Waals surface area contributed by atoms with Crippen molar-refractivity contribution in [2.45, 2.75) is 84.2 Å².